The van der Waals surface area contributed by atoms with Crippen LogP contribution in [0.15, 0.2) is 37.1 Å². The Labute approximate surface area is 154 Å². The average molecular weight is 365 g/mol. The van der Waals surface area contributed by atoms with Gasteiger partial charge in [0, 0.05) is 30.4 Å². The van der Waals surface area contributed by atoms with Crippen LogP contribution in [0.25, 0.3) is 22.6 Å². The van der Waals surface area contributed by atoms with E-state index in [4.69, 9.17) is 9.47 Å². The largest absolute Gasteiger partial charge is 0.464 e. The predicted molar refractivity (Wildman–Crippen MR) is 93.7 cm³/mol. The van der Waals surface area contributed by atoms with E-state index in [1.807, 2.05) is 13.0 Å². The van der Waals surface area contributed by atoms with Crippen molar-refractivity contribution in [1.29, 1.82) is 0 Å². The number of ether oxygens (including phenoxy) is 2. The zero-order valence-corrected chi connectivity index (χ0v) is 14.8. The summed E-state index contributed by atoms with van der Waals surface area (Å²) in [6, 6.07) is 1.86. The number of carbonyl (C=O) groups excluding carboxylic acids is 2. The summed E-state index contributed by atoms with van der Waals surface area (Å²) in [6.45, 7) is 1.89. The number of nitrogens with zero attached hydrogens (tertiary/aromatic N) is 5. The molecule has 0 radical (unpaired) electrons. The fourth-order valence-corrected chi connectivity index (χ4v) is 2.39. The summed E-state index contributed by atoms with van der Waals surface area (Å²) in [5, 5.41) is 0. The number of esters is 2. The molecule has 3 rings (SSSR count). The normalized spacial score (nSPS) is 10.3. The van der Waals surface area contributed by atoms with Crippen LogP contribution in [0.4, 0.5) is 0 Å². The van der Waals surface area contributed by atoms with Gasteiger partial charge in [-0.15, -0.1) is 0 Å². The Hall–Kier alpha value is -3.75. The van der Waals surface area contributed by atoms with Crippen LogP contribution in [0.3, 0.4) is 0 Å². The van der Waals surface area contributed by atoms with Crippen molar-refractivity contribution in [2.75, 3.05) is 14.2 Å². The molecule has 3 aromatic rings. The third-order valence-electron chi connectivity index (χ3n) is 3.62. The molecule has 0 saturated carbocycles. The number of hydrogen-bond acceptors (Lipinski definition) is 9. The van der Waals surface area contributed by atoms with E-state index in [9.17, 15) is 9.59 Å². The van der Waals surface area contributed by atoms with Gasteiger partial charge in [-0.1, -0.05) is 0 Å². The molecule has 0 aliphatic heterocycles. The highest BCUT2D eigenvalue weighted by Crippen LogP contribution is 2.25. The molecule has 0 bridgehead atoms. The van der Waals surface area contributed by atoms with Crippen molar-refractivity contribution in [3.63, 3.8) is 0 Å². The molecule has 0 aliphatic rings. The third-order valence-corrected chi connectivity index (χ3v) is 3.62. The second kappa shape index (κ2) is 7.65. The van der Waals surface area contributed by atoms with Crippen LogP contribution >= 0.6 is 0 Å². The SMILES string of the molecule is COC(=O)c1nccnc1-c1ncc(-c2cncc(C)c2)nc1C(=O)OC. The van der Waals surface area contributed by atoms with Gasteiger partial charge in [-0.25, -0.2) is 24.5 Å². The highest BCUT2D eigenvalue weighted by molar-refractivity contribution is 5.99. The molecule has 0 fully saturated rings. The smallest absolute Gasteiger partial charge is 0.359 e. The van der Waals surface area contributed by atoms with Gasteiger partial charge in [0.25, 0.3) is 0 Å². The van der Waals surface area contributed by atoms with Crippen molar-refractivity contribution >= 4 is 11.9 Å². The summed E-state index contributed by atoms with van der Waals surface area (Å²) in [5.41, 5.74) is 2.02. The summed E-state index contributed by atoms with van der Waals surface area (Å²) in [7, 11) is 2.45. The third kappa shape index (κ3) is 3.61. The number of pyridine rings is 1. The van der Waals surface area contributed by atoms with E-state index in [0.717, 1.165) is 5.56 Å². The lowest BCUT2D eigenvalue weighted by Crippen LogP contribution is -2.13. The molecule has 0 saturated heterocycles. The highest BCUT2D eigenvalue weighted by atomic mass is 16.5. The maximum Gasteiger partial charge on any atom is 0.359 e. The van der Waals surface area contributed by atoms with Gasteiger partial charge in [0.2, 0.25) is 0 Å². The molecule has 0 aromatic carbocycles. The first-order valence-corrected chi connectivity index (χ1v) is 7.82. The van der Waals surface area contributed by atoms with Crippen LogP contribution in [0.5, 0.6) is 0 Å². The first kappa shape index (κ1) is 18.1. The molecule has 9 heteroatoms. The molecule has 0 spiro atoms. The topological polar surface area (TPSA) is 117 Å². The van der Waals surface area contributed by atoms with Crippen LogP contribution in [0, 0.1) is 6.92 Å². The zero-order chi connectivity index (χ0) is 19.4. The van der Waals surface area contributed by atoms with Crippen molar-refractivity contribution in [3.05, 3.63) is 54.0 Å². The molecule has 3 heterocycles. The van der Waals surface area contributed by atoms with E-state index in [1.54, 1.807) is 12.4 Å². The molecular formula is C18H15N5O4. The Morgan fingerprint density at radius 2 is 1.52 bits per heavy atom. The van der Waals surface area contributed by atoms with E-state index >= 15 is 0 Å². The standard InChI is InChI=1S/C18H15N5O4/c1-10-6-11(8-19-7-10)12-9-22-14(16(23-12)18(25)27-3)13-15(17(24)26-2)21-5-4-20-13/h4-9H,1-3H3. The summed E-state index contributed by atoms with van der Waals surface area (Å²) in [4.78, 5) is 45.2. The number of aryl methyl sites for hydroxylation is 1. The van der Waals surface area contributed by atoms with Gasteiger partial charge in [-0.05, 0) is 18.6 Å². The molecule has 0 amide bonds. The Kier molecular flexibility index (Phi) is 5.11. The Morgan fingerprint density at radius 1 is 0.852 bits per heavy atom. The van der Waals surface area contributed by atoms with E-state index in [-0.39, 0.29) is 22.8 Å². The lowest BCUT2D eigenvalue weighted by molar-refractivity contribution is 0.0582. The van der Waals surface area contributed by atoms with Gasteiger partial charge < -0.3 is 9.47 Å². The Bertz CT molecular complexity index is 1020. The zero-order valence-electron chi connectivity index (χ0n) is 14.8. The monoisotopic (exact) mass is 365 g/mol. The minimum absolute atomic E-state index is 0.0692. The van der Waals surface area contributed by atoms with Crippen LogP contribution in [0.1, 0.15) is 26.5 Å². The first-order chi connectivity index (χ1) is 13.0. The summed E-state index contributed by atoms with van der Waals surface area (Å²) >= 11 is 0. The molecule has 9 nitrogen and oxygen atoms in total. The van der Waals surface area contributed by atoms with E-state index in [1.165, 1.54) is 32.8 Å². The summed E-state index contributed by atoms with van der Waals surface area (Å²) in [5.74, 6) is -1.43. The average Bonchev–Trinajstić information content (AvgIpc) is 2.72. The molecule has 27 heavy (non-hydrogen) atoms. The molecule has 0 N–H and O–H groups in total. The van der Waals surface area contributed by atoms with Gasteiger partial charge in [-0.2, -0.15) is 0 Å². The molecular weight excluding hydrogens is 350 g/mol. The number of methoxy groups -OCH3 is 2. The molecule has 0 aliphatic carbocycles. The fourth-order valence-electron chi connectivity index (χ4n) is 2.39. The summed E-state index contributed by atoms with van der Waals surface area (Å²) in [6.07, 6.45) is 7.50. The number of hydrogen-bond donors (Lipinski definition) is 0. The van der Waals surface area contributed by atoms with Crippen LogP contribution < -0.4 is 0 Å². The maximum atomic E-state index is 12.3. The Balaban J connectivity index is 2.20. The fraction of sp³-hybridized carbons (Fsp3) is 0.167. The predicted octanol–water partition coefficient (Wildman–Crippen LogP) is 1.88. The highest BCUT2D eigenvalue weighted by Gasteiger charge is 2.25. The van der Waals surface area contributed by atoms with Crippen molar-refractivity contribution < 1.29 is 19.1 Å². The molecule has 0 atom stereocenters. The van der Waals surface area contributed by atoms with Gasteiger partial charge in [-0.3, -0.25) is 9.97 Å². The van der Waals surface area contributed by atoms with E-state index in [0.29, 0.717) is 11.3 Å². The molecule has 136 valence electrons. The van der Waals surface area contributed by atoms with Crippen molar-refractivity contribution in [2.24, 2.45) is 0 Å². The molecule has 0 unspecified atom stereocenters. The Morgan fingerprint density at radius 3 is 2.22 bits per heavy atom. The lowest BCUT2D eigenvalue weighted by Gasteiger charge is -2.10. The van der Waals surface area contributed by atoms with Crippen LogP contribution in [-0.4, -0.2) is 51.1 Å². The lowest BCUT2D eigenvalue weighted by atomic mass is 10.1. The van der Waals surface area contributed by atoms with Crippen LogP contribution in [0.2, 0.25) is 0 Å². The van der Waals surface area contributed by atoms with Gasteiger partial charge >= 0.3 is 11.9 Å². The van der Waals surface area contributed by atoms with Gasteiger partial charge in [0.05, 0.1) is 26.1 Å². The van der Waals surface area contributed by atoms with Crippen molar-refractivity contribution in [3.8, 4) is 22.6 Å². The van der Waals surface area contributed by atoms with E-state index < -0.39 is 11.9 Å². The summed E-state index contributed by atoms with van der Waals surface area (Å²) < 4.78 is 9.54. The minimum Gasteiger partial charge on any atom is -0.464 e. The quantitative estimate of drug-likeness (QED) is 0.639. The van der Waals surface area contributed by atoms with Crippen molar-refractivity contribution in [2.45, 2.75) is 6.92 Å². The van der Waals surface area contributed by atoms with Gasteiger partial charge in [0.1, 0.15) is 11.4 Å². The maximum absolute atomic E-state index is 12.3. The second-order valence-electron chi connectivity index (χ2n) is 5.44. The minimum atomic E-state index is -0.721. The number of rotatable bonds is 4. The van der Waals surface area contributed by atoms with E-state index in [2.05, 4.69) is 24.9 Å². The van der Waals surface area contributed by atoms with Gasteiger partial charge in [0.15, 0.2) is 11.4 Å². The first-order valence-electron chi connectivity index (χ1n) is 7.82. The number of aromatic nitrogens is 5. The van der Waals surface area contributed by atoms with Crippen LogP contribution in [-0.2, 0) is 9.47 Å². The molecule has 3 aromatic heterocycles. The van der Waals surface area contributed by atoms with Crippen molar-refractivity contribution in [1.82, 2.24) is 24.9 Å². The second-order valence-corrected chi connectivity index (χ2v) is 5.44. The number of carbonyl (C=O) groups is 2.